The molecule has 0 radical (unpaired) electrons. The van der Waals surface area contributed by atoms with Crippen LogP contribution in [0.3, 0.4) is 0 Å². The van der Waals surface area contributed by atoms with Crippen LogP contribution in [0.1, 0.15) is 5.69 Å². The monoisotopic (exact) mass is 243 g/mol. The molecule has 5 heteroatoms. The number of para-hydroxylation sites is 1. The average molecular weight is 243 g/mol. The molecule has 0 aliphatic carbocycles. The van der Waals surface area contributed by atoms with E-state index in [0.29, 0.717) is 4.91 Å². The van der Waals surface area contributed by atoms with Crippen molar-refractivity contribution in [2.24, 2.45) is 0 Å². The number of benzene rings is 1. The van der Waals surface area contributed by atoms with Gasteiger partial charge in [0.05, 0.1) is 28.8 Å². The Morgan fingerprint density at radius 1 is 1.29 bits per heavy atom. The molecule has 1 amide bonds. The molecular weight excluding hydrogens is 234 g/mol. The summed E-state index contributed by atoms with van der Waals surface area (Å²) in [6, 6.07) is 7.74. The lowest BCUT2D eigenvalue weighted by atomic mass is 10.3. The maximum atomic E-state index is 11.8. The molecule has 0 bridgehead atoms. The van der Waals surface area contributed by atoms with Crippen molar-refractivity contribution in [3.8, 4) is 0 Å². The predicted octanol–water partition coefficient (Wildman–Crippen LogP) is 2.50. The van der Waals surface area contributed by atoms with E-state index in [1.165, 1.54) is 11.8 Å². The zero-order valence-electron chi connectivity index (χ0n) is 8.81. The lowest BCUT2D eigenvalue weighted by Gasteiger charge is -2.17. The van der Waals surface area contributed by atoms with Crippen molar-refractivity contribution in [2.45, 2.75) is 4.90 Å². The number of nitrogens with one attached hydrogen (secondary N) is 2. The minimum Gasteiger partial charge on any atom is -0.345 e. The molecule has 1 aromatic carbocycles. The van der Waals surface area contributed by atoms with Crippen LogP contribution in [-0.4, -0.2) is 15.9 Å². The van der Waals surface area contributed by atoms with Crippen LogP contribution in [0.4, 0.5) is 5.69 Å². The van der Waals surface area contributed by atoms with Crippen molar-refractivity contribution < 1.29 is 4.79 Å². The first-order chi connectivity index (χ1) is 8.33. The van der Waals surface area contributed by atoms with Gasteiger partial charge in [-0.05, 0) is 18.2 Å². The van der Waals surface area contributed by atoms with Crippen molar-refractivity contribution in [3.05, 3.63) is 47.4 Å². The van der Waals surface area contributed by atoms with Gasteiger partial charge >= 0.3 is 0 Å². The molecule has 2 N–H and O–H groups in total. The number of fused-ring (bicyclic) bond motifs is 1. The molecule has 0 saturated heterocycles. The number of H-pyrrole nitrogens is 1. The van der Waals surface area contributed by atoms with Gasteiger partial charge in [-0.15, -0.1) is 0 Å². The van der Waals surface area contributed by atoms with E-state index >= 15 is 0 Å². The number of rotatable bonds is 1. The van der Waals surface area contributed by atoms with Gasteiger partial charge in [0.25, 0.3) is 5.91 Å². The highest BCUT2D eigenvalue weighted by molar-refractivity contribution is 8.04. The van der Waals surface area contributed by atoms with Crippen LogP contribution >= 0.6 is 11.8 Å². The zero-order chi connectivity index (χ0) is 11.7. The highest BCUT2D eigenvalue weighted by Gasteiger charge is 2.20. The quantitative estimate of drug-likeness (QED) is 0.756. The summed E-state index contributed by atoms with van der Waals surface area (Å²) in [7, 11) is 0. The zero-order valence-corrected chi connectivity index (χ0v) is 9.62. The maximum Gasteiger partial charge on any atom is 0.262 e. The fraction of sp³-hybridized carbons (Fsp3) is 0. The molecule has 0 atom stereocenters. The Morgan fingerprint density at radius 3 is 3.00 bits per heavy atom. The van der Waals surface area contributed by atoms with E-state index in [1.54, 1.807) is 18.6 Å². The van der Waals surface area contributed by atoms with Crippen molar-refractivity contribution in [1.29, 1.82) is 0 Å². The number of hydrogen-bond donors (Lipinski definition) is 2. The second-order valence-corrected chi connectivity index (χ2v) is 4.65. The number of aromatic nitrogens is 2. The Kier molecular flexibility index (Phi) is 2.45. The third-order valence-corrected chi connectivity index (χ3v) is 3.48. The first-order valence-electron chi connectivity index (χ1n) is 5.11. The normalized spacial score (nSPS) is 16.7. The van der Waals surface area contributed by atoms with Crippen LogP contribution in [0.15, 0.2) is 46.6 Å². The molecule has 0 spiro atoms. The Morgan fingerprint density at radius 2 is 2.18 bits per heavy atom. The summed E-state index contributed by atoms with van der Waals surface area (Å²) in [5.74, 6) is -0.0803. The lowest BCUT2D eigenvalue weighted by molar-refractivity contribution is -0.112. The van der Waals surface area contributed by atoms with E-state index in [9.17, 15) is 4.79 Å². The standard InChI is InChI=1S/C12H9N3OS/c16-12-11(5-8-6-13-7-14-8)17-10-4-2-1-3-9(10)15-12/h1-7H,(H,13,14)(H,15,16)/b11-5+. The van der Waals surface area contributed by atoms with Gasteiger partial charge in [-0.2, -0.15) is 0 Å². The lowest BCUT2D eigenvalue weighted by Crippen LogP contribution is -2.17. The van der Waals surface area contributed by atoms with Crippen LogP contribution < -0.4 is 5.32 Å². The molecule has 84 valence electrons. The van der Waals surface area contributed by atoms with E-state index in [4.69, 9.17) is 0 Å². The summed E-state index contributed by atoms with van der Waals surface area (Å²) in [4.78, 5) is 20.4. The third kappa shape index (κ3) is 1.97. The van der Waals surface area contributed by atoms with E-state index in [0.717, 1.165) is 16.3 Å². The molecule has 1 aliphatic heterocycles. The van der Waals surface area contributed by atoms with Gasteiger partial charge in [-0.1, -0.05) is 23.9 Å². The molecule has 2 aromatic rings. The molecule has 0 fully saturated rings. The first-order valence-corrected chi connectivity index (χ1v) is 5.93. The molecule has 1 aliphatic rings. The highest BCUT2D eigenvalue weighted by atomic mass is 32.2. The van der Waals surface area contributed by atoms with E-state index in [2.05, 4.69) is 15.3 Å². The number of amides is 1. The van der Waals surface area contributed by atoms with Gasteiger partial charge in [-0.3, -0.25) is 4.79 Å². The Balaban J connectivity index is 1.97. The van der Waals surface area contributed by atoms with Gasteiger partial charge in [0.1, 0.15) is 0 Å². The summed E-state index contributed by atoms with van der Waals surface area (Å²) < 4.78 is 0. The summed E-state index contributed by atoms with van der Waals surface area (Å²) in [5, 5.41) is 2.86. The second-order valence-electron chi connectivity index (χ2n) is 3.57. The van der Waals surface area contributed by atoms with Crippen LogP contribution in [0.2, 0.25) is 0 Å². The summed E-state index contributed by atoms with van der Waals surface area (Å²) in [6.45, 7) is 0. The fourth-order valence-corrected chi connectivity index (χ4v) is 2.53. The van der Waals surface area contributed by atoms with Gasteiger partial charge in [0, 0.05) is 4.90 Å². The maximum absolute atomic E-state index is 11.8. The number of nitrogens with zero attached hydrogens (tertiary/aromatic N) is 1. The van der Waals surface area contributed by atoms with Crippen molar-refractivity contribution in [1.82, 2.24) is 9.97 Å². The second kappa shape index (κ2) is 4.10. The largest absolute Gasteiger partial charge is 0.345 e. The molecule has 0 unspecified atom stereocenters. The summed E-state index contributed by atoms with van der Waals surface area (Å²) in [5.41, 5.74) is 1.69. The number of carbonyl (C=O) groups excluding carboxylic acids is 1. The molecule has 3 rings (SSSR count). The number of carbonyl (C=O) groups is 1. The van der Waals surface area contributed by atoms with Gasteiger partial charge in [0.15, 0.2) is 0 Å². The first kappa shape index (κ1) is 10.2. The van der Waals surface area contributed by atoms with Crippen molar-refractivity contribution in [2.75, 3.05) is 5.32 Å². The number of hydrogen-bond acceptors (Lipinski definition) is 3. The Hall–Kier alpha value is -2.01. The van der Waals surface area contributed by atoms with Crippen LogP contribution in [0.5, 0.6) is 0 Å². The summed E-state index contributed by atoms with van der Waals surface area (Å²) in [6.07, 6.45) is 5.07. The van der Waals surface area contributed by atoms with E-state index in [1.807, 2.05) is 24.3 Å². The van der Waals surface area contributed by atoms with Crippen LogP contribution in [0.25, 0.3) is 6.08 Å². The number of imidazole rings is 1. The number of thioether (sulfide) groups is 1. The van der Waals surface area contributed by atoms with Crippen molar-refractivity contribution in [3.63, 3.8) is 0 Å². The number of anilines is 1. The minimum absolute atomic E-state index is 0.0803. The van der Waals surface area contributed by atoms with Crippen LogP contribution in [-0.2, 0) is 4.79 Å². The summed E-state index contributed by atoms with van der Waals surface area (Å²) >= 11 is 1.46. The van der Waals surface area contributed by atoms with Gasteiger partial charge in [-0.25, -0.2) is 4.98 Å². The topological polar surface area (TPSA) is 57.8 Å². The minimum atomic E-state index is -0.0803. The third-order valence-electron chi connectivity index (χ3n) is 2.38. The molecule has 17 heavy (non-hydrogen) atoms. The van der Waals surface area contributed by atoms with Crippen molar-refractivity contribution >= 4 is 29.4 Å². The SMILES string of the molecule is O=C1Nc2ccccc2S/C1=C/c1cnc[nH]1. The molecule has 0 saturated carbocycles. The average Bonchev–Trinajstić information content (AvgIpc) is 2.83. The van der Waals surface area contributed by atoms with E-state index < -0.39 is 0 Å². The van der Waals surface area contributed by atoms with Gasteiger partial charge < -0.3 is 10.3 Å². The van der Waals surface area contributed by atoms with Gasteiger partial charge in [0.2, 0.25) is 0 Å². The molecular formula is C12H9N3OS. The Labute approximate surface area is 102 Å². The predicted molar refractivity (Wildman–Crippen MR) is 67.5 cm³/mol. The highest BCUT2D eigenvalue weighted by Crippen LogP contribution is 2.38. The number of aromatic amines is 1. The molecule has 4 nitrogen and oxygen atoms in total. The molecule has 2 heterocycles. The van der Waals surface area contributed by atoms with Crippen LogP contribution in [0, 0.1) is 0 Å². The van der Waals surface area contributed by atoms with E-state index in [-0.39, 0.29) is 5.91 Å². The fourth-order valence-electron chi connectivity index (χ4n) is 1.59. The molecule has 1 aromatic heterocycles. The Bertz CT molecular complexity index is 590. The smallest absolute Gasteiger partial charge is 0.262 e.